The van der Waals surface area contributed by atoms with Gasteiger partial charge >= 0.3 is 0 Å². The SMILES string of the molecule is Cc1c(C)c(C)c(NCCNC(C)C(N)=O)c(C)c1C. The highest BCUT2D eigenvalue weighted by Crippen LogP contribution is 2.29. The summed E-state index contributed by atoms with van der Waals surface area (Å²) in [5.74, 6) is -0.320. The van der Waals surface area contributed by atoms with Crippen LogP contribution in [0.15, 0.2) is 0 Å². The maximum Gasteiger partial charge on any atom is 0.234 e. The summed E-state index contributed by atoms with van der Waals surface area (Å²) in [4.78, 5) is 10.9. The predicted octanol–water partition coefficient (Wildman–Crippen LogP) is 2.10. The summed E-state index contributed by atoms with van der Waals surface area (Å²) in [5.41, 5.74) is 13.1. The van der Waals surface area contributed by atoms with Crippen molar-refractivity contribution < 1.29 is 4.79 Å². The molecule has 4 N–H and O–H groups in total. The summed E-state index contributed by atoms with van der Waals surface area (Å²) in [7, 11) is 0. The van der Waals surface area contributed by atoms with Crippen molar-refractivity contribution in [3.8, 4) is 0 Å². The molecule has 1 aromatic rings. The van der Waals surface area contributed by atoms with Gasteiger partial charge in [0.25, 0.3) is 0 Å². The quantitative estimate of drug-likeness (QED) is 0.698. The molecule has 4 heteroatoms. The van der Waals surface area contributed by atoms with E-state index in [2.05, 4.69) is 45.3 Å². The number of benzene rings is 1. The van der Waals surface area contributed by atoms with Gasteiger partial charge in [0, 0.05) is 18.8 Å². The van der Waals surface area contributed by atoms with E-state index >= 15 is 0 Å². The van der Waals surface area contributed by atoms with Crippen molar-refractivity contribution in [2.45, 2.75) is 47.6 Å². The second-order valence-electron chi connectivity index (χ2n) is 5.50. The van der Waals surface area contributed by atoms with Gasteiger partial charge in [-0.2, -0.15) is 0 Å². The first-order chi connectivity index (χ1) is 9.27. The maximum atomic E-state index is 10.9. The topological polar surface area (TPSA) is 67.2 Å². The van der Waals surface area contributed by atoms with Crippen LogP contribution in [0.5, 0.6) is 0 Å². The lowest BCUT2D eigenvalue weighted by Gasteiger charge is -2.20. The van der Waals surface area contributed by atoms with Gasteiger partial charge in [0.2, 0.25) is 5.91 Å². The molecule has 4 nitrogen and oxygen atoms in total. The molecule has 0 spiro atoms. The summed E-state index contributed by atoms with van der Waals surface area (Å²) >= 11 is 0. The molecular weight excluding hydrogens is 250 g/mol. The smallest absolute Gasteiger partial charge is 0.234 e. The second-order valence-corrected chi connectivity index (χ2v) is 5.50. The third-order valence-corrected chi connectivity index (χ3v) is 4.30. The fourth-order valence-electron chi connectivity index (χ4n) is 2.34. The molecule has 0 aliphatic heterocycles. The minimum atomic E-state index is -0.320. The Hall–Kier alpha value is -1.55. The Balaban J connectivity index is 2.72. The lowest BCUT2D eigenvalue weighted by atomic mass is 9.93. The zero-order valence-corrected chi connectivity index (χ0v) is 13.5. The van der Waals surface area contributed by atoms with Gasteiger partial charge in [-0.15, -0.1) is 0 Å². The van der Waals surface area contributed by atoms with Crippen molar-refractivity contribution in [3.05, 3.63) is 27.8 Å². The Morgan fingerprint density at radius 2 is 1.40 bits per heavy atom. The van der Waals surface area contributed by atoms with E-state index in [1.54, 1.807) is 6.92 Å². The summed E-state index contributed by atoms with van der Waals surface area (Å²) in [6.07, 6.45) is 0. The molecule has 112 valence electrons. The monoisotopic (exact) mass is 277 g/mol. The molecule has 1 rings (SSSR count). The van der Waals surface area contributed by atoms with Crippen LogP contribution in [0.1, 0.15) is 34.7 Å². The molecule has 0 aromatic heterocycles. The van der Waals surface area contributed by atoms with Crippen LogP contribution in [0.25, 0.3) is 0 Å². The number of primary amides is 1. The molecule has 0 fully saturated rings. The van der Waals surface area contributed by atoms with Gasteiger partial charge in [0.1, 0.15) is 0 Å². The molecule has 0 saturated heterocycles. The third-order valence-electron chi connectivity index (χ3n) is 4.30. The van der Waals surface area contributed by atoms with Crippen molar-refractivity contribution >= 4 is 11.6 Å². The summed E-state index contributed by atoms with van der Waals surface area (Å²) in [6.45, 7) is 14.0. The third kappa shape index (κ3) is 3.51. The second kappa shape index (κ2) is 6.75. The van der Waals surface area contributed by atoms with Gasteiger partial charge in [-0.25, -0.2) is 0 Å². The standard InChI is InChI=1S/C16H27N3O/c1-9-10(2)12(4)15(13(5)11(9)3)19-8-7-18-14(6)16(17)20/h14,18-19H,7-8H2,1-6H3,(H2,17,20). The average Bonchev–Trinajstić information content (AvgIpc) is 2.41. The van der Waals surface area contributed by atoms with Crippen LogP contribution >= 0.6 is 0 Å². The van der Waals surface area contributed by atoms with E-state index in [-0.39, 0.29) is 11.9 Å². The van der Waals surface area contributed by atoms with Crippen LogP contribution in [0, 0.1) is 34.6 Å². The molecule has 0 heterocycles. The van der Waals surface area contributed by atoms with Crippen molar-refractivity contribution in [1.29, 1.82) is 0 Å². The first-order valence-corrected chi connectivity index (χ1v) is 7.10. The van der Waals surface area contributed by atoms with Crippen LogP contribution in [0.2, 0.25) is 0 Å². The van der Waals surface area contributed by atoms with Gasteiger partial charge < -0.3 is 16.4 Å². The van der Waals surface area contributed by atoms with Gasteiger partial charge in [-0.3, -0.25) is 4.79 Å². The number of carbonyl (C=O) groups excluding carboxylic acids is 1. The van der Waals surface area contributed by atoms with Gasteiger partial charge in [0.15, 0.2) is 0 Å². The lowest BCUT2D eigenvalue weighted by Crippen LogP contribution is -2.40. The van der Waals surface area contributed by atoms with Crippen LogP contribution in [-0.2, 0) is 4.79 Å². The van der Waals surface area contributed by atoms with Gasteiger partial charge in [0.05, 0.1) is 6.04 Å². The molecule has 0 aliphatic carbocycles. The van der Waals surface area contributed by atoms with E-state index in [1.165, 1.54) is 33.5 Å². The molecule has 0 saturated carbocycles. The van der Waals surface area contributed by atoms with Crippen molar-refractivity contribution in [2.24, 2.45) is 5.73 Å². The molecule has 1 aromatic carbocycles. The fraction of sp³-hybridized carbons (Fsp3) is 0.562. The Kier molecular flexibility index (Phi) is 5.57. The van der Waals surface area contributed by atoms with E-state index in [0.29, 0.717) is 6.54 Å². The number of hydrogen-bond donors (Lipinski definition) is 3. The van der Waals surface area contributed by atoms with Crippen LogP contribution in [0.3, 0.4) is 0 Å². The number of anilines is 1. The zero-order valence-electron chi connectivity index (χ0n) is 13.5. The first kappa shape index (κ1) is 16.5. The van der Waals surface area contributed by atoms with Crippen molar-refractivity contribution in [3.63, 3.8) is 0 Å². The Morgan fingerprint density at radius 1 is 0.950 bits per heavy atom. The van der Waals surface area contributed by atoms with E-state index in [9.17, 15) is 4.79 Å². The highest BCUT2D eigenvalue weighted by atomic mass is 16.1. The van der Waals surface area contributed by atoms with Crippen LogP contribution < -0.4 is 16.4 Å². The Bertz CT molecular complexity index is 480. The zero-order chi connectivity index (χ0) is 15.4. The average molecular weight is 277 g/mol. The van der Waals surface area contributed by atoms with Gasteiger partial charge in [-0.1, -0.05) is 0 Å². The van der Waals surface area contributed by atoms with Crippen LogP contribution in [-0.4, -0.2) is 25.0 Å². The molecule has 1 amide bonds. The summed E-state index contributed by atoms with van der Waals surface area (Å²) in [6, 6.07) is -0.291. The van der Waals surface area contributed by atoms with Crippen molar-refractivity contribution in [2.75, 3.05) is 18.4 Å². The van der Waals surface area contributed by atoms with Crippen molar-refractivity contribution in [1.82, 2.24) is 5.32 Å². The first-order valence-electron chi connectivity index (χ1n) is 7.10. The molecule has 0 bridgehead atoms. The highest BCUT2D eigenvalue weighted by Gasteiger charge is 2.12. The summed E-state index contributed by atoms with van der Waals surface area (Å²) in [5, 5.41) is 6.56. The Labute approximate surface area is 122 Å². The molecule has 0 radical (unpaired) electrons. The number of nitrogens with two attached hydrogens (primary N) is 1. The minimum Gasteiger partial charge on any atom is -0.383 e. The number of hydrogen-bond acceptors (Lipinski definition) is 3. The molecular formula is C16H27N3O. The predicted molar refractivity (Wildman–Crippen MR) is 85.3 cm³/mol. The maximum absolute atomic E-state index is 10.9. The van der Waals surface area contributed by atoms with Gasteiger partial charge in [-0.05, 0) is 69.4 Å². The lowest BCUT2D eigenvalue weighted by molar-refractivity contribution is -0.119. The normalized spacial score (nSPS) is 12.3. The molecule has 0 aliphatic rings. The van der Waals surface area contributed by atoms with E-state index in [4.69, 9.17) is 5.73 Å². The highest BCUT2D eigenvalue weighted by molar-refractivity contribution is 5.79. The molecule has 1 atom stereocenters. The Morgan fingerprint density at radius 3 is 1.85 bits per heavy atom. The number of rotatable bonds is 6. The number of nitrogens with one attached hydrogen (secondary N) is 2. The molecule has 1 unspecified atom stereocenters. The van der Waals surface area contributed by atoms with E-state index in [1.807, 2.05) is 0 Å². The number of carbonyl (C=O) groups is 1. The largest absolute Gasteiger partial charge is 0.383 e. The fourth-order valence-corrected chi connectivity index (χ4v) is 2.34. The van der Waals surface area contributed by atoms with Crippen LogP contribution in [0.4, 0.5) is 5.69 Å². The number of amides is 1. The molecule has 20 heavy (non-hydrogen) atoms. The minimum absolute atomic E-state index is 0.291. The van der Waals surface area contributed by atoms with E-state index in [0.717, 1.165) is 6.54 Å². The van der Waals surface area contributed by atoms with E-state index < -0.39 is 0 Å². The summed E-state index contributed by atoms with van der Waals surface area (Å²) < 4.78 is 0.